The monoisotopic (exact) mass is 1440 g/mol. The Morgan fingerprint density at radius 3 is 0.694 bits per heavy atom. The quantitative estimate of drug-likeness (QED) is 0.0222. The minimum atomic E-state index is -4.96. The highest BCUT2D eigenvalue weighted by molar-refractivity contribution is 7.47. The molecule has 2 unspecified atom stereocenters. The van der Waals surface area contributed by atoms with Gasteiger partial charge in [-0.05, 0) is 43.4 Å². The lowest BCUT2D eigenvalue weighted by atomic mass is 10.0. The van der Waals surface area contributed by atoms with E-state index >= 15 is 0 Å². The molecule has 582 valence electrons. The fourth-order valence-corrected chi connectivity index (χ4v) is 13.7. The van der Waals surface area contributed by atoms with Gasteiger partial charge in [-0.15, -0.1) is 0 Å². The molecule has 0 aliphatic heterocycles. The third-order valence-electron chi connectivity index (χ3n) is 18.4. The Kier molecular flexibility index (Phi) is 68.1. The van der Waals surface area contributed by atoms with Crippen LogP contribution in [0.2, 0.25) is 0 Å². The summed E-state index contributed by atoms with van der Waals surface area (Å²) in [6.45, 7) is 12.0. The molecule has 0 radical (unpaired) electrons. The third-order valence-corrected chi connectivity index (χ3v) is 20.3. The van der Waals surface area contributed by atoms with Crippen LogP contribution in [-0.2, 0) is 65.4 Å². The van der Waals surface area contributed by atoms with Crippen LogP contribution in [0.4, 0.5) is 0 Å². The summed E-state index contributed by atoms with van der Waals surface area (Å²) >= 11 is 0. The molecule has 98 heavy (non-hydrogen) atoms. The standard InChI is InChI=1S/C79H154O17P2/c1-8-9-10-11-12-13-14-18-26-33-41-48-55-62-78(83)96-75(67-90-77(82)61-54-47-40-35-28-31-38-45-52-59-72(6)7)69-94-98(87,88)92-65-73(80)64-91-97(85,86)93-68-74(66-89-76(81)60-53-46-39-32-25-22-17-20-24-30-37-44-51-58-71(4)5)95-79(84)63-56-49-42-34-27-21-16-15-19-23-29-36-43-50-57-70(2)3/h70-75,80H,8-69H2,1-7H3,(H,85,86)(H,87,88)/t73-,74-,75-/m1/s1. The maximum atomic E-state index is 13.1. The second-order valence-electron chi connectivity index (χ2n) is 29.9. The van der Waals surface area contributed by atoms with E-state index in [2.05, 4.69) is 48.5 Å². The predicted molar refractivity (Wildman–Crippen MR) is 400 cm³/mol. The third kappa shape index (κ3) is 72.4. The van der Waals surface area contributed by atoms with Gasteiger partial charge in [-0.25, -0.2) is 9.13 Å². The van der Waals surface area contributed by atoms with Crippen LogP contribution < -0.4 is 0 Å². The van der Waals surface area contributed by atoms with Crippen LogP contribution in [0.3, 0.4) is 0 Å². The highest BCUT2D eigenvalue weighted by Crippen LogP contribution is 2.45. The highest BCUT2D eigenvalue weighted by Gasteiger charge is 2.30. The number of rotatable bonds is 77. The van der Waals surface area contributed by atoms with E-state index in [-0.39, 0.29) is 25.7 Å². The van der Waals surface area contributed by atoms with Crippen LogP contribution in [0.5, 0.6) is 0 Å². The van der Waals surface area contributed by atoms with E-state index < -0.39 is 97.5 Å². The predicted octanol–water partition coefficient (Wildman–Crippen LogP) is 23.4. The van der Waals surface area contributed by atoms with E-state index in [1.807, 2.05) is 0 Å². The molecule has 0 aromatic heterocycles. The number of carbonyl (C=O) groups excluding carboxylic acids is 4. The van der Waals surface area contributed by atoms with Gasteiger partial charge < -0.3 is 33.8 Å². The van der Waals surface area contributed by atoms with Crippen molar-refractivity contribution in [3.8, 4) is 0 Å². The molecule has 0 spiro atoms. The SMILES string of the molecule is CCCCCCCCCCCCCCCC(=O)O[C@H](COC(=O)CCCCCCCCCCCC(C)C)COP(=O)(O)OC[C@H](O)COP(=O)(O)OC[C@@H](COC(=O)CCCCCCCCCCCCCCCC(C)C)OC(=O)CCCCCCCCCCCCCCCCC(C)C. The molecule has 0 saturated carbocycles. The van der Waals surface area contributed by atoms with Gasteiger partial charge >= 0.3 is 39.5 Å². The van der Waals surface area contributed by atoms with Gasteiger partial charge in [0.25, 0.3) is 0 Å². The minimum Gasteiger partial charge on any atom is -0.462 e. The summed E-state index contributed by atoms with van der Waals surface area (Å²) in [6.07, 6.45) is 56.7. The van der Waals surface area contributed by atoms with Crippen LogP contribution in [0.1, 0.15) is 408 Å². The largest absolute Gasteiger partial charge is 0.472 e. The van der Waals surface area contributed by atoms with E-state index in [9.17, 15) is 43.2 Å². The van der Waals surface area contributed by atoms with E-state index in [4.69, 9.17) is 37.0 Å². The number of hydrogen-bond acceptors (Lipinski definition) is 15. The van der Waals surface area contributed by atoms with E-state index in [1.165, 1.54) is 218 Å². The molecule has 0 saturated heterocycles. The van der Waals surface area contributed by atoms with Crippen molar-refractivity contribution in [2.24, 2.45) is 17.8 Å². The van der Waals surface area contributed by atoms with Crippen LogP contribution in [-0.4, -0.2) is 96.7 Å². The van der Waals surface area contributed by atoms with Gasteiger partial charge in [0.1, 0.15) is 19.3 Å². The average molecular weight is 1440 g/mol. The number of phosphoric acid groups is 2. The van der Waals surface area contributed by atoms with Gasteiger partial charge in [0.2, 0.25) is 0 Å². The molecular weight excluding hydrogens is 1280 g/mol. The van der Waals surface area contributed by atoms with Gasteiger partial charge in [-0.3, -0.25) is 37.3 Å². The zero-order chi connectivity index (χ0) is 72.3. The summed E-state index contributed by atoms with van der Waals surface area (Å²) in [6, 6.07) is 0. The fourth-order valence-electron chi connectivity index (χ4n) is 12.1. The number of ether oxygens (including phenoxy) is 4. The first-order valence-corrected chi connectivity index (χ1v) is 43.8. The van der Waals surface area contributed by atoms with Crippen molar-refractivity contribution in [2.45, 2.75) is 426 Å². The highest BCUT2D eigenvalue weighted by atomic mass is 31.2. The first-order valence-electron chi connectivity index (χ1n) is 40.8. The number of esters is 4. The van der Waals surface area contributed by atoms with Crippen molar-refractivity contribution in [1.82, 2.24) is 0 Å². The number of phosphoric ester groups is 2. The molecule has 17 nitrogen and oxygen atoms in total. The van der Waals surface area contributed by atoms with Crippen molar-refractivity contribution in [3.63, 3.8) is 0 Å². The molecule has 0 aromatic carbocycles. The summed E-state index contributed by atoms with van der Waals surface area (Å²) in [7, 11) is -9.92. The molecule has 19 heteroatoms. The molecule has 0 heterocycles. The van der Waals surface area contributed by atoms with E-state index in [0.717, 1.165) is 108 Å². The molecule has 0 rings (SSSR count). The summed E-state index contributed by atoms with van der Waals surface area (Å²) < 4.78 is 68.7. The van der Waals surface area contributed by atoms with Crippen molar-refractivity contribution in [2.75, 3.05) is 39.6 Å². The number of carbonyl (C=O) groups is 4. The molecule has 0 amide bonds. The smallest absolute Gasteiger partial charge is 0.462 e. The first kappa shape index (κ1) is 96.1. The normalized spacial score (nSPS) is 14.0. The molecular formula is C79H154O17P2. The summed E-state index contributed by atoms with van der Waals surface area (Å²) in [4.78, 5) is 73.0. The lowest BCUT2D eigenvalue weighted by molar-refractivity contribution is -0.161. The first-order chi connectivity index (χ1) is 47.2. The average Bonchev–Trinajstić information content (AvgIpc) is 1.05. The van der Waals surface area contributed by atoms with Crippen LogP contribution in [0.25, 0.3) is 0 Å². The molecule has 0 bridgehead atoms. The van der Waals surface area contributed by atoms with Crippen molar-refractivity contribution >= 4 is 39.5 Å². The lowest BCUT2D eigenvalue weighted by Crippen LogP contribution is -2.30. The van der Waals surface area contributed by atoms with Gasteiger partial charge in [-0.2, -0.15) is 0 Å². The summed E-state index contributed by atoms with van der Waals surface area (Å²) in [5.41, 5.74) is 0. The number of aliphatic hydroxyl groups is 1. The summed E-state index contributed by atoms with van der Waals surface area (Å²) in [5, 5.41) is 10.6. The lowest BCUT2D eigenvalue weighted by Gasteiger charge is -2.21. The van der Waals surface area contributed by atoms with Gasteiger partial charge in [-0.1, -0.05) is 357 Å². The maximum absolute atomic E-state index is 13.1. The fraction of sp³-hybridized carbons (Fsp3) is 0.949. The zero-order valence-electron chi connectivity index (χ0n) is 64.3. The molecule has 0 aliphatic rings. The molecule has 0 fully saturated rings. The Bertz CT molecular complexity index is 1900. The van der Waals surface area contributed by atoms with Gasteiger partial charge in [0.15, 0.2) is 12.2 Å². The maximum Gasteiger partial charge on any atom is 0.472 e. The van der Waals surface area contributed by atoms with Crippen molar-refractivity contribution in [1.29, 1.82) is 0 Å². The Balaban J connectivity index is 5.26. The Morgan fingerprint density at radius 1 is 0.276 bits per heavy atom. The Hall–Kier alpha value is -1.94. The van der Waals surface area contributed by atoms with Gasteiger partial charge in [0, 0.05) is 25.7 Å². The number of hydrogen-bond donors (Lipinski definition) is 3. The molecule has 0 aliphatic carbocycles. The molecule has 5 atom stereocenters. The topological polar surface area (TPSA) is 237 Å². The van der Waals surface area contributed by atoms with Crippen LogP contribution in [0.15, 0.2) is 0 Å². The Labute approximate surface area is 600 Å². The second kappa shape index (κ2) is 69.4. The van der Waals surface area contributed by atoms with Crippen molar-refractivity contribution < 1.29 is 80.2 Å². The van der Waals surface area contributed by atoms with Crippen LogP contribution in [0, 0.1) is 17.8 Å². The van der Waals surface area contributed by atoms with Gasteiger partial charge in [0.05, 0.1) is 26.4 Å². The van der Waals surface area contributed by atoms with E-state index in [0.29, 0.717) is 25.7 Å². The van der Waals surface area contributed by atoms with Crippen molar-refractivity contribution in [3.05, 3.63) is 0 Å². The summed E-state index contributed by atoms with van der Waals surface area (Å²) in [5.74, 6) is 0.219. The zero-order valence-corrected chi connectivity index (χ0v) is 66.0. The minimum absolute atomic E-state index is 0.107. The number of aliphatic hydroxyl groups excluding tert-OH is 1. The number of unbranched alkanes of at least 4 members (excludes halogenated alkanes) is 45. The van der Waals surface area contributed by atoms with E-state index in [1.54, 1.807) is 0 Å². The Morgan fingerprint density at radius 2 is 0.469 bits per heavy atom. The molecule has 3 N–H and O–H groups in total. The molecule has 0 aromatic rings. The second-order valence-corrected chi connectivity index (χ2v) is 32.8. The van der Waals surface area contributed by atoms with Crippen LogP contribution >= 0.6 is 15.6 Å².